The monoisotopic (exact) mass is 202 g/mol. The number of hydrogen-bond acceptors (Lipinski definition) is 4. The molecule has 0 aromatic carbocycles. The van der Waals surface area contributed by atoms with E-state index in [4.69, 9.17) is 0 Å². The van der Waals surface area contributed by atoms with E-state index in [0.29, 0.717) is 12.8 Å². The Morgan fingerprint density at radius 2 is 1.17 bits per heavy atom. The van der Waals surface area contributed by atoms with E-state index in [-0.39, 0.29) is 56.1 Å². The Hall–Kier alpha value is 0.160. The van der Waals surface area contributed by atoms with Gasteiger partial charge in [-0.1, -0.05) is 0 Å². The predicted molar refractivity (Wildman–Crippen MR) is 37.8 cm³/mol. The summed E-state index contributed by atoms with van der Waals surface area (Å²) in [6.45, 7) is 0. The summed E-state index contributed by atoms with van der Waals surface area (Å²) in [4.78, 5) is 19.5. The third-order valence-electron chi connectivity index (χ3n) is 1.01. The van der Waals surface area contributed by atoms with Crippen molar-refractivity contribution < 1.29 is 25.3 Å². The Labute approximate surface area is 100 Å². The fourth-order valence-corrected chi connectivity index (χ4v) is 0.539. The SMILES string of the molecule is O.O=C([O-])CCCCC(=O)[O-].[Ca+2]. The van der Waals surface area contributed by atoms with Crippen molar-refractivity contribution in [1.29, 1.82) is 0 Å². The van der Waals surface area contributed by atoms with E-state index in [1.54, 1.807) is 0 Å². The van der Waals surface area contributed by atoms with Gasteiger partial charge in [0.2, 0.25) is 0 Å². The van der Waals surface area contributed by atoms with Gasteiger partial charge < -0.3 is 25.3 Å². The van der Waals surface area contributed by atoms with Crippen molar-refractivity contribution in [3.05, 3.63) is 0 Å². The van der Waals surface area contributed by atoms with Crippen molar-refractivity contribution in [3.8, 4) is 0 Å². The number of aliphatic carboxylic acids is 2. The van der Waals surface area contributed by atoms with Gasteiger partial charge in [-0.25, -0.2) is 0 Å². The molecular weight excluding hydrogens is 192 g/mol. The van der Waals surface area contributed by atoms with Crippen molar-refractivity contribution in [2.24, 2.45) is 0 Å². The molecule has 66 valence electrons. The van der Waals surface area contributed by atoms with Gasteiger partial charge in [-0.2, -0.15) is 0 Å². The van der Waals surface area contributed by atoms with Crippen LogP contribution in [0.25, 0.3) is 0 Å². The smallest absolute Gasteiger partial charge is 0.550 e. The molecule has 2 N–H and O–H groups in total. The summed E-state index contributed by atoms with van der Waals surface area (Å²) in [6.07, 6.45) is 0.535. The van der Waals surface area contributed by atoms with Crippen LogP contribution in [0, 0.1) is 0 Å². The fraction of sp³-hybridized carbons (Fsp3) is 0.667. The van der Waals surface area contributed by atoms with Gasteiger partial charge in [0.1, 0.15) is 0 Å². The molecule has 0 unspecified atom stereocenters. The van der Waals surface area contributed by atoms with Gasteiger partial charge in [-0.15, -0.1) is 0 Å². The maximum atomic E-state index is 9.77. The average Bonchev–Trinajstić information content (AvgIpc) is 1.79. The third-order valence-corrected chi connectivity index (χ3v) is 1.01. The Kier molecular flexibility index (Phi) is 16.8. The first-order chi connectivity index (χ1) is 4.63. The fourth-order valence-electron chi connectivity index (χ4n) is 0.539. The zero-order chi connectivity index (χ0) is 7.98. The van der Waals surface area contributed by atoms with Crippen LogP contribution in [-0.2, 0) is 9.59 Å². The molecule has 0 saturated heterocycles. The molecule has 0 bridgehead atoms. The van der Waals surface area contributed by atoms with Crippen molar-refractivity contribution in [2.75, 3.05) is 0 Å². The second kappa shape index (κ2) is 11.2. The summed E-state index contributed by atoms with van der Waals surface area (Å²) in [7, 11) is 0. The van der Waals surface area contributed by atoms with Gasteiger partial charge in [-0.3, -0.25) is 0 Å². The van der Waals surface area contributed by atoms with E-state index in [2.05, 4.69) is 0 Å². The average molecular weight is 202 g/mol. The van der Waals surface area contributed by atoms with Crippen LogP contribution in [0.2, 0.25) is 0 Å². The predicted octanol–water partition coefficient (Wildman–Crippen LogP) is -3.16. The first kappa shape index (κ1) is 18.0. The Bertz CT molecular complexity index is 120. The Morgan fingerprint density at radius 3 is 1.33 bits per heavy atom. The van der Waals surface area contributed by atoms with Crippen molar-refractivity contribution in [1.82, 2.24) is 0 Å². The molecule has 0 radical (unpaired) electrons. The summed E-state index contributed by atoms with van der Waals surface area (Å²) in [5.74, 6) is -2.28. The topological polar surface area (TPSA) is 112 Å². The molecule has 0 amide bonds. The van der Waals surface area contributed by atoms with E-state index in [0.717, 1.165) is 0 Å². The minimum Gasteiger partial charge on any atom is -0.550 e. The third kappa shape index (κ3) is 16.6. The minimum atomic E-state index is -1.14. The molecule has 0 aliphatic rings. The summed E-state index contributed by atoms with van der Waals surface area (Å²) in [6, 6.07) is 0. The largest absolute Gasteiger partial charge is 2.00 e. The molecule has 0 heterocycles. The Balaban J connectivity index is -0.000000405. The molecule has 0 aromatic rings. The number of carboxylic acids is 2. The number of hydrogen-bond donors (Lipinski definition) is 0. The van der Waals surface area contributed by atoms with Crippen LogP contribution in [0.15, 0.2) is 0 Å². The van der Waals surface area contributed by atoms with E-state index in [9.17, 15) is 19.8 Å². The summed E-state index contributed by atoms with van der Waals surface area (Å²) in [5, 5.41) is 19.5. The van der Waals surface area contributed by atoms with Gasteiger partial charge >= 0.3 is 37.7 Å². The van der Waals surface area contributed by atoms with Crippen LogP contribution in [0.5, 0.6) is 0 Å². The van der Waals surface area contributed by atoms with Crippen molar-refractivity contribution in [2.45, 2.75) is 25.7 Å². The number of carbonyl (C=O) groups is 2. The van der Waals surface area contributed by atoms with Gasteiger partial charge in [0.25, 0.3) is 0 Å². The minimum absolute atomic E-state index is 0. The first-order valence-corrected chi connectivity index (χ1v) is 3.02. The zero-order valence-electron chi connectivity index (χ0n) is 6.67. The number of carbonyl (C=O) groups excluding carboxylic acids is 2. The molecule has 0 rings (SSSR count). The molecular formula is C6H10CaO5. The van der Waals surface area contributed by atoms with Crippen LogP contribution in [0.1, 0.15) is 25.7 Å². The molecule has 0 aliphatic carbocycles. The second-order valence-electron chi connectivity index (χ2n) is 1.95. The molecule has 0 aliphatic heterocycles. The van der Waals surface area contributed by atoms with E-state index < -0.39 is 11.9 Å². The van der Waals surface area contributed by atoms with Crippen molar-refractivity contribution >= 4 is 49.7 Å². The van der Waals surface area contributed by atoms with Gasteiger partial charge in [0.05, 0.1) is 0 Å². The number of carboxylic acid groups (broad SMARTS) is 2. The van der Waals surface area contributed by atoms with E-state index in [1.807, 2.05) is 0 Å². The molecule has 0 saturated carbocycles. The molecule has 0 spiro atoms. The van der Waals surface area contributed by atoms with Crippen LogP contribution in [-0.4, -0.2) is 55.2 Å². The van der Waals surface area contributed by atoms with Crippen molar-refractivity contribution in [3.63, 3.8) is 0 Å². The Morgan fingerprint density at radius 1 is 0.917 bits per heavy atom. The standard InChI is InChI=1S/C6H10O4.Ca.H2O/c7-5(8)3-1-2-4-6(9)10;;/h1-4H2,(H,7,8)(H,9,10);;1H2/q;+2;/p-2. The molecule has 0 fully saturated rings. The molecule has 5 nitrogen and oxygen atoms in total. The quantitative estimate of drug-likeness (QED) is 0.346. The van der Waals surface area contributed by atoms with Crippen LogP contribution >= 0.6 is 0 Å². The van der Waals surface area contributed by atoms with Crippen LogP contribution in [0.3, 0.4) is 0 Å². The zero-order valence-corrected chi connectivity index (χ0v) is 8.88. The molecule has 0 aromatic heterocycles. The van der Waals surface area contributed by atoms with Crippen LogP contribution < -0.4 is 10.2 Å². The van der Waals surface area contributed by atoms with Gasteiger partial charge in [0.15, 0.2) is 0 Å². The first-order valence-electron chi connectivity index (χ1n) is 3.02. The number of unbranched alkanes of at least 4 members (excludes halogenated alkanes) is 1. The second-order valence-corrected chi connectivity index (χ2v) is 1.95. The maximum Gasteiger partial charge on any atom is 2.00 e. The molecule has 12 heavy (non-hydrogen) atoms. The number of rotatable bonds is 5. The summed E-state index contributed by atoms with van der Waals surface area (Å²) in [5.41, 5.74) is 0. The molecule has 0 atom stereocenters. The normalized spacial score (nSPS) is 7.67. The van der Waals surface area contributed by atoms with Crippen LogP contribution in [0.4, 0.5) is 0 Å². The van der Waals surface area contributed by atoms with E-state index >= 15 is 0 Å². The van der Waals surface area contributed by atoms with Gasteiger partial charge in [-0.05, 0) is 25.7 Å². The van der Waals surface area contributed by atoms with E-state index in [1.165, 1.54) is 0 Å². The summed E-state index contributed by atoms with van der Waals surface area (Å²) >= 11 is 0. The molecule has 6 heteroatoms. The maximum absolute atomic E-state index is 9.77. The van der Waals surface area contributed by atoms with Gasteiger partial charge in [0, 0.05) is 11.9 Å². The summed E-state index contributed by atoms with van der Waals surface area (Å²) < 4.78 is 0.